The number of hydrogen-bond donors (Lipinski definition) is 1. The summed E-state index contributed by atoms with van der Waals surface area (Å²) in [4.78, 5) is 0. The Hall–Kier alpha value is -1.02. The predicted molar refractivity (Wildman–Crippen MR) is 62.3 cm³/mol. The highest BCUT2D eigenvalue weighted by molar-refractivity contribution is 5.28. The zero-order valence-corrected chi connectivity index (χ0v) is 9.49. The second-order valence-corrected chi connectivity index (χ2v) is 4.40. The van der Waals surface area contributed by atoms with Gasteiger partial charge < -0.3 is 10.1 Å². The summed E-state index contributed by atoms with van der Waals surface area (Å²) in [6.45, 7) is 2.25. The van der Waals surface area contributed by atoms with E-state index in [1.54, 1.807) is 7.11 Å². The first-order chi connectivity index (χ1) is 7.28. The van der Waals surface area contributed by atoms with E-state index in [4.69, 9.17) is 4.74 Å². The first kappa shape index (κ1) is 10.5. The van der Waals surface area contributed by atoms with Gasteiger partial charge in [0.05, 0.1) is 7.11 Å². The predicted octanol–water partition coefficient (Wildman–Crippen LogP) is 2.38. The summed E-state index contributed by atoms with van der Waals surface area (Å²) in [5.41, 5.74) is 1.34. The average Bonchev–Trinajstić information content (AvgIpc) is 3.02. The van der Waals surface area contributed by atoms with Crippen LogP contribution in [0.3, 0.4) is 0 Å². The molecule has 82 valence electrons. The fourth-order valence-electron chi connectivity index (χ4n) is 1.86. The third kappa shape index (κ3) is 3.24. The summed E-state index contributed by atoms with van der Waals surface area (Å²) in [5, 5.41) is 3.60. The molecule has 2 nitrogen and oxygen atoms in total. The van der Waals surface area contributed by atoms with Gasteiger partial charge in [-0.05, 0) is 43.9 Å². The smallest absolute Gasteiger partial charge is 0.119 e. The zero-order chi connectivity index (χ0) is 10.7. The minimum absolute atomic E-state index is 0.560. The number of rotatable bonds is 5. The van der Waals surface area contributed by atoms with E-state index in [0.29, 0.717) is 6.04 Å². The molecule has 0 aromatic heterocycles. The highest BCUT2D eigenvalue weighted by Crippen LogP contribution is 2.20. The minimum atomic E-state index is 0.560. The van der Waals surface area contributed by atoms with E-state index >= 15 is 0 Å². The molecule has 1 aliphatic carbocycles. The highest BCUT2D eigenvalue weighted by Gasteiger charge is 2.22. The van der Waals surface area contributed by atoms with Crippen LogP contribution >= 0.6 is 0 Å². The monoisotopic (exact) mass is 205 g/mol. The summed E-state index contributed by atoms with van der Waals surface area (Å²) >= 11 is 0. The minimum Gasteiger partial charge on any atom is -0.497 e. The van der Waals surface area contributed by atoms with Gasteiger partial charge in [-0.15, -0.1) is 0 Å². The van der Waals surface area contributed by atoms with Crippen molar-refractivity contribution in [1.82, 2.24) is 5.32 Å². The van der Waals surface area contributed by atoms with Crippen molar-refractivity contribution >= 4 is 0 Å². The van der Waals surface area contributed by atoms with E-state index in [1.807, 2.05) is 6.07 Å². The van der Waals surface area contributed by atoms with Crippen LogP contribution in [0.25, 0.3) is 0 Å². The lowest BCUT2D eigenvalue weighted by molar-refractivity contribution is 0.414. The fraction of sp³-hybridized carbons (Fsp3) is 0.538. The van der Waals surface area contributed by atoms with E-state index < -0.39 is 0 Å². The molecular weight excluding hydrogens is 186 g/mol. The molecule has 0 spiro atoms. The molecule has 0 radical (unpaired) electrons. The summed E-state index contributed by atoms with van der Waals surface area (Å²) in [5.74, 6) is 0.950. The van der Waals surface area contributed by atoms with Gasteiger partial charge in [0, 0.05) is 12.1 Å². The number of methoxy groups -OCH3 is 1. The summed E-state index contributed by atoms with van der Waals surface area (Å²) in [6, 6.07) is 9.66. The van der Waals surface area contributed by atoms with Crippen LogP contribution < -0.4 is 10.1 Å². The maximum atomic E-state index is 5.21. The molecule has 1 aromatic rings. The molecule has 1 aliphatic rings. The van der Waals surface area contributed by atoms with Crippen LogP contribution in [0.2, 0.25) is 0 Å². The maximum absolute atomic E-state index is 5.21. The van der Waals surface area contributed by atoms with E-state index in [-0.39, 0.29) is 0 Å². The second-order valence-electron chi connectivity index (χ2n) is 4.40. The standard InChI is InChI=1S/C13H19NO/c1-10(14-12-6-7-12)8-11-4-3-5-13(9-11)15-2/h3-5,9-10,12,14H,6-8H2,1-2H3. The summed E-state index contributed by atoms with van der Waals surface area (Å²) in [6.07, 6.45) is 3.78. The lowest BCUT2D eigenvalue weighted by Gasteiger charge is -2.13. The number of nitrogens with one attached hydrogen (secondary N) is 1. The van der Waals surface area contributed by atoms with Crippen LogP contribution in [-0.2, 0) is 6.42 Å². The topological polar surface area (TPSA) is 21.3 Å². The van der Waals surface area contributed by atoms with Gasteiger partial charge in [0.2, 0.25) is 0 Å². The highest BCUT2D eigenvalue weighted by atomic mass is 16.5. The van der Waals surface area contributed by atoms with Crippen molar-refractivity contribution in [3.63, 3.8) is 0 Å². The van der Waals surface area contributed by atoms with E-state index in [0.717, 1.165) is 18.2 Å². The molecule has 1 aromatic carbocycles. The molecule has 1 unspecified atom stereocenters. The van der Waals surface area contributed by atoms with Crippen LogP contribution in [0.1, 0.15) is 25.3 Å². The van der Waals surface area contributed by atoms with Gasteiger partial charge in [0.1, 0.15) is 5.75 Å². The van der Waals surface area contributed by atoms with Crippen LogP contribution in [0, 0.1) is 0 Å². The van der Waals surface area contributed by atoms with Gasteiger partial charge in [-0.1, -0.05) is 12.1 Å². The Morgan fingerprint density at radius 3 is 2.93 bits per heavy atom. The summed E-state index contributed by atoms with van der Waals surface area (Å²) < 4.78 is 5.21. The number of ether oxygens (including phenoxy) is 1. The van der Waals surface area contributed by atoms with Gasteiger partial charge in [-0.25, -0.2) is 0 Å². The molecule has 0 saturated heterocycles. The van der Waals surface area contributed by atoms with Gasteiger partial charge in [0.15, 0.2) is 0 Å². The van der Waals surface area contributed by atoms with Crippen LogP contribution in [0.4, 0.5) is 0 Å². The van der Waals surface area contributed by atoms with Crippen LogP contribution in [-0.4, -0.2) is 19.2 Å². The average molecular weight is 205 g/mol. The first-order valence-electron chi connectivity index (χ1n) is 5.67. The Bertz CT molecular complexity index is 320. The summed E-state index contributed by atoms with van der Waals surface area (Å²) in [7, 11) is 1.71. The molecule has 0 amide bonds. The quantitative estimate of drug-likeness (QED) is 0.797. The van der Waals surface area contributed by atoms with Gasteiger partial charge in [0.25, 0.3) is 0 Å². The Balaban J connectivity index is 1.90. The Labute approximate surface area is 91.6 Å². The van der Waals surface area contributed by atoms with Gasteiger partial charge >= 0.3 is 0 Å². The molecule has 1 atom stereocenters. The lowest BCUT2D eigenvalue weighted by Crippen LogP contribution is -2.29. The van der Waals surface area contributed by atoms with E-state index in [2.05, 4.69) is 30.4 Å². The van der Waals surface area contributed by atoms with Crippen molar-refractivity contribution in [2.75, 3.05) is 7.11 Å². The van der Waals surface area contributed by atoms with Crippen molar-refractivity contribution in [3.8, 4) is 5.75 Å². The van der Waals surface area contributed by atoms with Crippen molar-refractivity contribution in [3.05, 3.63) is 29.8 Å². The van der Waals surface area contributed by atoms with E-state index in [9.17, 15) is 0 Å². The molecule has 1 fully saturated rings. The third-order valence-electron chi connectivity index (χ3n) is 2.77. The van der Waals surface area contributed by atoms with Gasteiger partial charge in [-0.2, -0.15) is 0 Å². The molecule has 0 aliphatic heterocycles. The molecule has 2 rings (SSSR count). The van der Waals surface area contributed by atoms with Crippen molar-refractivity contribution in [1.29, 1.82) is 0 Å². The molecule has 1 saturated carbocycles. The molecule has 2 heteroatoms. The normalized spacial score (nSPS) is 17.5. The molecule has 0 bridgehead atoms. The number of hydrogen-bond acceptors (Lipinski definition) is 2. The van der Waals surface area contributed by atoms with Crippen molar-refractivity contribution in [2.24, 2.45) is 0 Å². The third-order valence-corrected chi connectivity index (χ3v) is 2.77. The SMILES string of the molecule is COc1cccc(CC(C)NC2CC2)c1. The molecular formula is C13H19NO. The fourth-order valence-corrected chi connectivity index (χ4v) is 1.86. The first-order valence-corrected chi connectivity index (χ1v) is 5.67. The Morgan fingerprint density at radius 1 is 1.47 bits per heavy atom. The van der Waals surface area contributed by atoms with Crippen molar-refractivity contribution in [2.45, 2.75) is 38.3 Å². The van der Waals surface area contributed by atoms with Crippen LogP contribution in [0.15, 0.2) is 24.3 Å². The van der Waals surface area contributed by atoms with E-state index in [1.165, 1.54) is 18.4 Å². The molecule has 0 heterocycles. The van der Waals surface area contributed by atoms with Gasteiger partial charge in [-0.3, -0.25) is 0 Å². The maximum Gasteiger partial charge on any atom is 0.119 e. The zero-order valence-electron chi connectivity index (χ0n) is 9.49. The largest absolute Gasteiger partial charge is 0.497 e. The van der Waals surface area contributed by atoms with Crippen LogP contribution in [0.5, 0.6) is 5.75 Å². The Morgan fingerprint density at radius 2 is 2.27 bits per heavy atom. The molecule has 15 heavy (non-hydrogen) atoms. The second kappa shape index (κ2) is 4.67. The number of benzene rings is 1. The Kier molecular flexibility index (Phi) is 3.27. The lowest BCUT2D eigenvalue weighted by atomic mass is 10.1. The molecule has 1 N–H and O–H groups in total. The van der Waals surface area contributed by atoms with Crippen molar-refractivity contribution < 1.29 is 4.74 Å².